The molecular formula is C11H18N6O3. The van der Waals surface area contributed by atoms with Crippen molar-refractivity contribution in [2.24, 2.45) is 16.3 Å². The van der Waals surface area contributed by atoms with Gasteiger partial charge in [-0.15, -0.1) is 5.10 Å². The van der Waals surface area contributed by atoms with E-state index in [1.54, 1.807) is 17.1 Å². The van der Waals surface area contributed by atoms with Crippen LogP contribution < -0.4 is 11.1 Å². The molecule has 1 aliphatic rings. The van der Waals surface area contributed by atoms with Gasteiger partial charge in [0.25, 0.3) is 0 Å². The van der Waals surface area contributed by atoms with Crippen LogP contribution in [0.4, 0.5) is 0 Å². The second kappa shape index (κ2) is 6.33. The summed E-state index contributed by atoms with van der Waals surface area (Å²) in [6.45, 7) is 1.72. The molecule has 2 heterocycles. The highest BCUT2D eigenvalue weighted by atomic mass is 16.5. The molecule has 1 aromatic rings. The molecule has 1 amide bonds. The third-order valence-corrected chi connectivity index (χ3v) is 3.48. The number of amidine groups is 1. The Labute approximate surface area is 115 Å². The van der Waals surface area contributed by atoms with Crippen LogP contribution in [0.25, 0.3) is 0 Å². The molecule has 9 heteroatoms. The van der Waals surface area contributed by atoms with Gasteiger partial charge in [-0.25, -0.2) is 0 Å². The number of carbonyl (C=O) groups is 1. The largest absolute Gasteiger partial charge is 0.409 e. The summed E-state index contributed by atoms with van der Waals surface area (Å²) >= 11 is 0. The van der Waals surface area contributed by atoms with Crippen LogP contribution >= 0.6 is 0 Å². The van der Waals surface area contributed by atoms with E-state index in [1.807, 2.05) is 0 Å². The van der Waals surface area contributed by atoms with E-state index in [9.17, 15) is 4.79 Å². The number of rotatable bonds is 5. The summed E-state index contributed by atoms with van der Waals surface area (Å²) in [6.07, 6.45) is 4.08. The van der Waals surface area contributed by atoms with Crippen molar-refractivity contribution in [3.8, 4) is 0 Å². The topological polar surface area (TPSA) is 128 Å². The van der Waals surface area contributed by atoms with Gasteiger partial charge >= 0.3 is 0 Å². The molecule has 4 N–H and O–H groups in total. The van der Waals surface area contributed by atoms with E-state index in [-0.39, 0.29) is 11.7 Å². The van der Waals surface area contributed by atoms with E-state index in [0.717, 1.165) is 0 Å². The van der Waals surface area contributed by atoms with Crippen LogP contribution in [0.5, 0.6) is 0 Å². The van der Waals surface area contributed by atoms with Gasteiger partial charge in [-0.2, -0.15) is 0 Å². The molecule has 1 aliphatic heterocycles. The van der Waals surface area contributed by atoms with Gasteiger partial charge < -0.3 is 21.0 Å². The summed E-state index contributed by atoms with van der Waals surface area (Å²) in [7, 11) is 0. The lowest BCUT2D eigenvalue weighted by Gasteiger charge is -2.34. The number of amides is 1. The number of ether oxygens (including phenoxy) is 1. The zero-order valence-corrected chi connectivity index (χ0v) is 11.0. The monoisotopic (exact) mass is 282 g/mol. The second-order valence-electron chi connectivity index (χ2n) is 4.60. The van der Waals surface area contributed by atoms with E-state index < -0.39 is 5.41 Å². The average Bonchev–Trinajstić information content (AvgIpc) is 3.00. The van der Waals surface area contributed by atoms with Crippen molar-refractivity contribution in [2.45, 2.75) is 19.4 Å². The maximum atomic E-state index is 12.4. The summed E-state index contributed by atoms with van der Waals surface area (Å²) in [6, 6.07) is 0. The minimum absolute atomic E-state index is 0.0703. The van der Waals surface area contributed by atoms with Gasteiger partial charge in [0.2, 0.25) is 5.91 Å². The lowest BCUT2D eigenvalue weighted by Crippen LogP contribution is -2.53. The van der Waals surface area contributed by atoms with E-state index >= 15 is 0 Å². The molecule has 0 saturated carbocycles. The van der Waals surface area contributed by atoms with E-state index in [2.05, 4.69) is 20.8 Å². The fourth-order valence-corrected chi connectivity index (χ4v) is 2.22. The highest BCUT2D eigenvalue weighted by molar-refractivity contribution is 6.06. The highest BCUT2D eigenvalue weighted by Crippen LogP contribution is 2.31. The summed E-state index contributed by atoms with van der Waals surface area (Å²) < 4.78 is 6.85. The van der Waals surface area contributed by atoms with E-state index in [4.69, 9.17) is 15.7 Å². The van der Waals surface area contributed by atoms with Crippen molar-refractivity contribution in [1.29, 1.82) is 0 Å². The minimum Gasteiger partial charge on any atom is -0.409 e. The fourth-order valence-electron chi connectivity index (χ4n) is 2.22. The Bertz CT molecular complexity index is 467. The number of nitrogens with one attached hydrogen (secondary N) is 1. The first kappa shape index (κ1) is 14.3. The maximum absolute atomic E-state index is 12.4. The summed E-state index contributed by atoms with van der Waals surface area (Å²) in [4.78, 5) is 12.4. The van der Waals surface area contributed by atoms with Crippen molar-refractivity contribution >= 4 is 11.7 Å². The third-order valence-electron chi connectivity index (χ3n) is 3.48. The smallest absolute Gasteiger partial charge is 0.234 e. The van der Waals surface area contributed by atoms with Gasteiger partial charge in [0, 0.05) is 26.0 Å². The van der Waals surface area contributed by atoms with Crippen LogP contribution in [-0.4, -0.2) is 51.7 Å². The van der Waals surface area contributed by atoms with Gasteiger partial charge in [-0.3, -0.25) is 9.48 Å². The van der Waals surface area contributed by atoms with Crippen LogP contribution in [0.1, 0.15) is 12.8 Å². The second-order valence-corrected chi connectivity index (χ2v) is 4.60. The SMILES string of the molecule is N/C(=N/O)C1(C(=O)NCCn2ccnn2)CCOCC1. The zero-order chi connectivity index (χ0) is 14.4. The standard InChI is InChI=1S/C11H18N6O3/c12-9(15-19)11(1-7-20-8-2-11)10(18)13-3-5-17-6-4-14-16-17/h4,6,19H,1-3,5,7-8H2,(H2,12,15)(H,13,18). The average molecular weight is 282 g/mol. The number of carbonyl (C=O) groups excluding carboxylic acids is 1. The Morgan fingerprint density at radius 1 is 1.55 bits per heavy atom. The van der Waals surface area contributed by atoms with E-state index in [0.29, 0.717) is 39.1 Å². The number of aromatic nitrogens is 3. The molecule has 20 heavy (non-hydrogen) atoms. The molecule has 1 fully saturated rings. The molecule has 0 aliphatic carbocycles. The van der Waals surface area contributed by atoms with Crippen molar-refractivity contribution in [3.05, 3.63) is 12.4 Å². The van der Waals surface area contributed by atoms with Crippen molar-refractivity contribution in [3.63, 3.8) is 0 Å². The van der Waals surface area contributed by atoms with Gasteiger partial charge in [0.15, 0.2) is 5.84 Å². The lowest BCUT2D eigenvalue weighted by molar-refractivity contribution is -0.131. The van der Waals surface area contributed by atoms with Crippen molar-refractivity contribution < 1.29 is 14.7 Å². The Morgan fingerprint density at radius 3 is 2.90 bits per heavy atom. The molecule has 0 spiro atoms. The number of oxime groups is 1. The summed E-state index contributed by atoms with van der Waals surface area (Å²) in [5, 5.41) is 22.2. The van der Waals surface area contributed by atoms with Crippen molar-refractivity contribution in [1.82, 2.24) is 20.3 Å². The first-order chi connectivity index (χ1) is 9.69. The highest BCUT2D eigenvalue weighted by Gasteiger charge is 2.44. The Kier molecular flexibility index (Phi) is 4.51. The van der Waals surface area contributed by atoms with Gasteiger partial charge in [-0.05, 0) is 12.8 Å². The van der Waals surface area contributed by atoms with Crippen LogP contribution in [0, 0.1) is 5.41 Å². The number of hydrogen-bond acceptors (Lipinski definition) is 6. The normalized spacial score (nSPS) is 18.7. The number of nitrogens with zero attached hydrogens (tertiary/aromatic N) is 4. The predicted octanol–water partition coefficient (Wildman–Crippen LogP) is -1.06. The number of hydrogen-bond donors (Lipinski definition) is 3. The van der Waals surface area contributed by atoms with Crippen LogP contribution in [0.15, 0.2) is 17.5 Å². The van der Waals surface area contributed by atoms with Crippen LogP contribution in [0.3, 0.4) is 0 Å². The molecule has 0 radical (unpaired) electrons. The van der Waals surface area contributed by atoms with Gasteiger partial charge in [-0.1, -0.05) is 10.4 Å². The lowest BCUT2D eigenvalue weighted by atomic mass is 9.78. The molecule has 110 valence electrons. The molecule has 0 unspecified atom stereocenters. The molecule has 1 aromatic heterocycles. The van der Waals surface area contributed by atoms with E-state index in [1.165, 1.54) is 0 Å². The summed E-state index contributed by atoms with van der Waals surface area (Å²) in [5.74, 6) is -0.324. The van der Waals surface area contributed by atoms with Gasteiger partial charge in [0.1, 0.15) is 5.41 Å². The maximum Gasteiger partial charge on any atom is 0.234 e. The predicted molar refractivity (Wildman–Crippen MR) is 68.9 cm³/mol. The minimum atomic E-state index is -0.991. The Morgan fingerprint density at radius 2 is 2.30 bits per heavy atom. The Balaban J connectivity index is 1.96. The first-order valence-corrected chi connectivity index (χ1v) is 6.37. The summed E-state index contributed by atoms with van der Waals surface area (Å²) in [5.41, 5.74) is 4.72. The quantitative estimate of drug-likeness (QED) is 0.273. The molecule has 1 saturated heterocycles. The first-order valence-electron chi connectivity index (χ1n) is 6.37. The Hall–Kier alpha value is -2.16. The number of nitrogens with two attached hydrogens (primary N) is 1. The molecule has 0 atom stereocenters. The molecule has 0 bridgehead atoms. The molecular weight excluding hydrogens is 264 g/mol. The van der Waals surface area contributed by atoms with Crippen molar-refractivity contribution in [2.75, 3.05) is 19.8 Å². The zero-order valence-electron chi connectivity index (χ0n) is 11.0. The molecule has 0 aromatic carbocycles. The molecule has 9 nitrogen and oxygen atoms in total. The third kappa shape index (κ3) is 2.87. The van der Waals surface area contributed by atoms with Crippen LogP contribution in [0.2, 0.25) is 0 Å². The molecule has 2 rings (SSSR count). The van der Waals surface area contributed by atoms with Gasteiger partial charge in [0.05, 0.1) is 12.7 Å². The fraction of sp³-hybridized carbons (Fsp3) is 0.636. The van der Waals surface area contributed by atoms with Crippen LogP contribution in [-0.2, 0) is 16.1 Å².